The first-order valence-electron chi connectivity index (χ1n) is 6.81. The van der Waals surface area contributed by atoms with E-state index in [9.17, 15) is 4.79 Å². The lowest BCUT2D eigenvalue weighted by molar-refractivity contribution is -0.127. The molecular weight excluding hydrogens is 214 g/mol. The van der Waals surface area contributed by atoms with Crippen LogP contribution in [0.1, 0.15) is 45.4 Å². The molecule has 0 aromatic carbocycles. The van der Waals surface area contributed by atoms with Crippen molar-refractivity contribution in [3.63, 3.8) is 0 Å². The third-order valence-electron chi connectivity index (χ3n) is 4.49. The first kappa shape index (κ1) is 12.8. The van der Waals surface area contributed by atoms with Crippen LogP contribution in [0.5, 0.6) is 0 Å². The molecule has 2 fully saturated rings. The van der Waals surface area contributed by atoms with Crippen LogP contribution in [-0.2, 0) is 4.79 Å². The number of hydrogen-bond donors (Lipinski definition) is 2. The van der Waals surface area contributed by atoms with E-state index in [0.29, 0.717) is 12.1 Å². The minimum atomic E-state index is -0.577. The van der Waals surface area contributed by atoms with Crippen molar-refractivity contribution in [2.24, 2.45) is 5.73 Å². The molecule has 2 atom stereocenters. The van der Waals surface area contributed by atoms with Gasteiger partial charge in [-0.2, -0.15) is 0 Å². The van der Waals surface area contributed by atoms with Crippen molar-refractivity contribution in [1.29, 1.82) is 0 Å². The Morgan fingerprint density at radius 2 is 2.06 bits per heavy atom. The fourth-order valence-corrected chi connectivity index (χ4v) is 2.98. The second-order valence-corrected chi connectivity index (χ2v) is 5.89. The average Bonchev–Trinajstić information content (AvgIpc) is 2.72. The fraction of sp³-hybridized carbons (Fsp3) is 0.923. The van der Waals surface area contributed by atoms with E-state index in [1.54, 1.807) is 0 Å². The van der Waals surface area contributed by atoms with E-state index in [-0.39, 0.29) is 5.91 Å². The molecule has 1 amide bonds. The first-order chi connectivity index (χ1) is 8.01. The maximum Gasteiger partial charge on any atom is 0.240 e. The molecule has 0 spiro atoms. The number of carbonyl (C=O) groups is 1. The highest BCUT2D eigenvalue weighted by Gasteiger charge is 2.38. The molecule has 0 aromatic heterocycles. The van der Waals surface area contributed by atoms with Crippen LogP contribution in [0.15, 0.2) is 0 Å². The number of carbonyl (C=O) groups excluding carboxylic acids is 1. The van der Waals surface area contributed by atoms with Gasteiger partial charge >= 0.3 is 0 Å². The molecule has 4 heteroatoms. The summed E-state index contributed by atoms with van der Waals surface area (Å²) in [6.07, 6.45) is 5.96. The van der Waals surface area contributed by atoms with Crippen LogP contribution in [-0.4, -0.2) is 42.0 Å². The number of rotatable bonds is 2. The molecule has 4 nitrogen and oxygen atoms in total. The lowest BCUT2D eigenvalue weighted by atomic mass is 9.94. The molecule has 1 heterocycles. The number of likely N-dealkylation sites (tertiary alicyclic amines) is 1. The molecule has 1 aliphatic carbocycles. The molecule has 0 radical (unpaired) electrons. The highest BCUT2D eigenvalue weighted by atomic mass is 16.2. The largest absolute Gasteiger partial charge is 0.352 e. The zero-order valence-electron chi connectivity index (χ0n) is 11.0. The van der Waals surface area contributed by atoms with Crippen LogP contribution in [0.2, 0.25) is 0 Å². The zero-order valence-corrected chi connectivity index (χ0v) is 11.0. The van der Waals surface area contributed by atoms with Crippen LogP contribution in [0.4, 0.5) is 0 Å². The van der Waals surface area contributed by atoms with E-state index in [2.05, 4.69) is 24.2 Å². The summed E-state index contributed by atoms with van der Waals surface area (Å²) in [6, 6.07) is 0.862. The van der Waals surface area contributed by atoms with Gasteiger partial charge in [-0.25, -0.2) is 0 Å². The summed E-state index contributed by atoms with van der Waals surface area (Å²) in [5.41, 5.74) is 5.58. The Morgan fingerprint density at radius 1 is 1.41 bits per heavy atom. The predicted molar refractivity (Wildman–Crippen MR) is 68.6 cm³/mol. The van der Waals surface area contributed by atoms with Crippen molar-refractivity contribution < 1.29 is 4.79 Å². The van der Waals surface area contributed by atoms with Gasteiger partial charge < -0.3 is 16.0 Å². The van der Waals surface area contributed by atoms with Gasteiger partial charge in [-0.1, -0.05) is 12.8 Å². The minimum absolute atomic E-state index is 0.0803. The van der Waals surface area contributed by atoms with Crippen LogP contribution in [0, 0.1) is 0 Å². The van der Waals surface area contributed by atoms with Crippen LogP contribution in [0.25, 0.3) is 0 Å². The third kappa shape index (κ3) is 2.80. The van der Waals surface area contributed by atoms with Gasteiger partial charge in [-0.15, -0.1) is 0 Å². The number of piperidine rings is 1. The molecule has 98 valence electrons. The maximum atomic E-state index is 12.2. The molecule has 1 aliphatic heterocycles. The van der Waals surface area contributed by atoms with Gasteiger partial charge in [0.05, 0.1) is 5.54 Å². The third-order valence-corrected chi connectivity index (χ3v) is 4.49. The highest BCUT2D eigenvalue weighted by Crippen LogP contribution is 2.28. The summed E-state index contributed by atoms with van der Waals surface area (Å²) in [7, 11) is 2.14. The van der Waals surface area contributed by atoms with E-state index in [0.717, 1.165) is 45.1 Å². The Balaban J connectivity index is 1.86. The van der Waals surface area contributed by atoms with E-state index >= 15 is 0 Å². The monoisotopic (exact) mass is 239 g/mol. The van der Waals surface area contributed by atoms with Crippen molar-refractivity contribution in [3.05, 3.63) is 0 Å². The number of amides is 1. The number of nitrogens with zero attached hydrogens (tertiary/aromatic N) is 1. The summed E-state index contributed by atoms with van der Waals surface area (Å²) in [5, 5.41) is 3.16. The number of nitrogens with one attached hydrogen (secondary N) is 1. The van der Waals surface area contributed by atoms with E-state index < -0.39 is 5.54 Å². The van der Waals surface area contributed by atoms with Crippen molar-refractivity contribution in [3.8, 4) is 0 Å². The molecule has 0 bridgehead atoms. The predicted octanol–water partition coefficient (Wildman–Crippen LogP) is 0.857. The average molecular weight is 239 g/mol. The lowest BCUT2D eigenvalue weighted by Crippen LogP contribution is -2.56. The van der Waals surface area contributed by atoms with Gasteiger partial charge in [-0.3, -0.25) is 4.79 Å². The van der Waals surface area contributed by atoms with Crippen LogP contribution in [0.3, 0.4) is 0 Å². The van der Waals surface area contributed by atoms with Crippen molar-refractivity contribution in [1.82, 2.24) is 10.2 Å². The van der Waals surface area contributed by atoms with Gasteiger partial charge in [0.1, 0.15) is 0 Å². The molecule has 1 saturated carbocycles. The summed E-state index contributed by atoms with van der Waals surface area (Å²) in [6.45, 7) is 3.27. The Morgan fingerprint density at radius 3 is 2.65 bits per heavy atom. The van der Waals surface area contributed by atoms with E-state index in [4.69, 9.17) is 5.73 Å². The summed E-state index contributed by atoms with van der Waals surface area (Å²) in [4.78, 5) is 14.5. The second-order valence-electron chi connectivity index (χ2n) is 5.89. The molecule has 17 heavy (non-hydrogen) atoms. The molecule has 2 aliphatic rings. The topological polar surface area (TPSA) is 58.4 Å². The minimum Gasteiger partial charge on any atom is -0.352 e. The lowest BCUT2D eigenvalue weighted by Gasteiger charge is -2.36. The van der Waals surface area contributed by atoms with E-state index in [1.807, 2.05) is 0 Å². The van der Waals surface area contributed by atoms with E-state index in [1.165, 1.54) is 0 Å². The van der Waals surface area contributed by atoms with Crippen molar-refractivity contribution in [2.75, 3.05) is 13.6 Å². The first-order valence-corrected chi connectivity index (χ1v) is 6.81. The summed E-state index contributed by atoms with van der Waals surface area (Å²) in [5.74, 6) is 0.0803. The maximum absolute atomic E-state index is 12.2. The quantitative estimate of drug-likeness (QED) is 0.751. The van der Waals surface area contributed by atoms with Gasteiger partial charge in [0, 0.05) is 18.6 Å². The van der Waals surface area contributed by atoms with Gasteiger partial charge in [0.2, 0.25) is 5.91 Å². The van der Waals surface area contributed by atoms with Gasteiger partial charge in [0.25, 0.3) is 0 Å². The SMILES string of the molecule is CC1CC(NC(=O)C2(N)CCCC2)CCN1C. The summed E-state index contributed by atoms with van der Waals surface area (Å²) < 4.78 is 0. The van der Waals surface area contributed by atoms with Crippen LogP contribution < -0.4 is 11.1 Å². The standard InChI is InChI=1S/C13H25N3O/c1-10-9-11(5-8-16(10)2)15-12(17)13(14)6-3-4-7-13/h10-11H,3-9,14H2,1-2H3,(H,15,17). The highest BCUT2D eigenvalue weighted by molar-refractivity contribution is 5.86. The second kappa shape index (κ2) is 4.94. The van der Waals surface area contributed by atoms with Crippen LogP contribution >= 0.6 is 0 Å². The Labute approximate surface area is 104 Å². The summed E-state index contributed by atoms with van der Waals surface area (Å²) >= 11 is 0. The molecule has 1 saturated heterocycles. The normalized spacial score (nSPS) is 33.6. The molecule has 3 N–H and O–H groups in total. The van der Waals surface area contributed by atoms with Gasteiger partial charge in [0.15, 0.2) is 0 Å². The number of hydrogen-bond acceptors (Lipinski definition) is 3. The molecule has 0 aromatic rings. The van der Waals surface area contributed by atoms with Crippen molar-refractivity contribution >= 4 is 5.91 Å². The molecule has 2 rings (SSSR count). The zero-order chi connectivity index (χ0) is 12.5. The Hall–Kier alpha value is -0.610. The smallest absolute Gasteiger partial charge is 0.240 e. The molecule has 2 unspecified atom stereocenters. The van der Waals surface area contributed by atoms with Crippen molar-refractivity contribution in [2.45, 2.75) is 63.1 Å². The molecular formula is C13H25N3O. The van der Waals surface area contributed by atoms with Gasteiger partial charge in [-0.05, 0) is 39.7 Å². The Kier molecular flexibility index (Phi) is 3.73. The Bertz CT molecular complexity index is 286. The number of nitrogens with two attached hydrogens (primary N) is 1. The fourth-order valence-electron chi connectivity index (χ4n) is 2.98.